The summed E-state index contributed by atoms with van der Waals surface area (Å²) in [7, 11) is 0. The van der Waals surface area contributed by atoms with Crippen LogP contribution in [0.3, 0.4) is 0 Å². The quantitative estimate of drug-likeness (QED) is 0.818. The van der Waals surface area contributed by atoms with Gasteiger partial charge in [0.15, 0.2) is 0 Å². The molecule has 1 atom stereocenters. The average molecular weight is 248 g/mol. The molecule has 2 rings (SSSR count). The van der Waals surface area contributed by atoms with Gasteiger partial charge in [0.1, 0.15) is 11.6 Å². The fraction of sp³-hybridized carbons (Fsp3) is 0.538. The molecule has 18 heavy (non-hydrogen) atoms. The van der Waals surface area contributed by atoms with Gasteiger partial charge in [0, 0.05) is 19.0 Å². The molecule has 0 fully saturated rings. The third-order valence-corrected chi connectivity index (χ3v) is 2.85. The predicted molar refractivity (Wildman–Crippen MR) is 70.4 cm³/mol. The molecule has 2 heterocycles. The molecule has 2 aromatic heterocycles. The van der Waals surface area contributed by atoms with Crippen LogP contribution in [-0.2, 0) is 13.0 Å². The van der Waals surface area contributed by atoms with E-state index in [1.165, 1.54) is 0 Å². The third-order valence-electron chi connectivity index (χ3n) is 2.85. The topological polar surface area (TPSA) is 55.9 Å². The van der Waals surface area contributed by atoms with Crippen LogP contribution < -0.4 is 5.32 Å². The summed E-state index contributed by atoms with van der Waals surface area (Å²) in [6.07, 6.45) is 6.51. The van der Waals surface area contributed by atoms with E-state index in [-0.39, 0.29) is 0 Å². The van der Waals surface area contributed by atoms with E-state index in [0.29, 0.717) is 6.04 Å². The molecule has 0 aliphatic carbocycles. The Bertz CT molecular complexity index is 449. The minimum atomic E-state index is 0.365. The highest BCUT2D eigenvalue weighted by Gasteiger charge is 2.08. The summed E-state index contributed by atoms with van der Waals surface area (Å²) in [5, 5.41) is 11.4. The summed E-state index contributed by atoms with van der Waals surface area (Å²) in [5.41, 5.74) is 0. The van der Waals surface area contributed by atoms with E-state index >= 15 is 0 Å². The maximum atomic E-state index is 5.32. The fourth-order valence-corrected chi connectivity index (χ4v) is 1.88. The van der Waals surface area contributed by atoms with Gasteiger partial charge in [-0.25, -0.2) is 4.68 Å². The normalized spacial score (nSPS) is 12.6. The van der Waals surface area contributed by atoms with E-state index < -0.39 is 0 Å². The first kappa shape index (κ1) is 12.7. The number of nitrogens with zero attached hydrogens (tertiary/aromatic N) is 3. The van der Waals surface area contributed by atoms with Gasteiger partial charge in [0.25, 0.3) is 0 Å². The number of furan rings is 1. The zero-order valence-electron chi connectivity index (χ0n) is 11.0. The van der Waals surface area contributed by atoms with Crippen molar-refractivity contribution in [2.24, 2.45) is 0 Å². The van der Waals surface area contributed by atoms with Gasteiger partial charge < -0.3 is 9.73 Å². The van der Waals surface area contributed by atoms with E-state index in [2.05, 4.69) is 29.5 Å². The van der Waals surface area contributed by atoms with Crippen LogP contribution in [0.5, 0.6) is 0 Å². The Morgan fingerprint density at radius 2 is 2.39 bits per heavy atom. The monoisotopic (exact) mass is 248 g/mol. The van der Waals surface area contributed by atoms with Crippen molar-refractivity contribution in [3.63, 3.8) is 0 Å². The molecular formula is C13H20N4O. The molecule has 0 aromatic carbocycles. The molecule has 1 unspecified atom stereocenters. The Morgan fingerprint density at radius 1 is 1.50 bits per heavy atom. The van der Waals surface area contributed by atoms with Gasteiger partial charge >= 0.3 is 0 Å². The summed E-state index contributed by atoms with van der Waals surface area (Å²) >= 11 is 0. The first-order valence-corrected chi connectivity index (χ1v) is 6.47. The van der Waals surface area contributed by atoms with Crippen LogP contribution in [0.25, 0.3) is 0 Å². The predicted octanol–water partition coefficient (Wildman–Crippen LogP) is 2.71. The van der Waals surface area contributed by atoms with Crippen LogP contribution in [0, 0.1) is 0 Å². The molecular weight excluding hydrogens is 228 g/mol. The second-order valence-corrected chi connectivity index (χ2v) is 4.51. The van der Waals surface area contributed by atoms with Crippen molar-refractivity contribution >= 4 is 5.82 Å². The number of aromatic nitrogens is 3. The Kier molecular flexibility index (Phi) is 4.39. The lowest BCUT2D eigenvalue weighted by Gasteiger charge is -2.14. The third kappa shape index (κ3) is 3.35. The highest BCUT2D eigenvalue weighted by molar-refractivity contribution is 5.32. The summed E-state index contributed by atoms with van der Waals surface area (Å²) in [6.45, 7) is 5.19. The first-order chi connectivity index (χ1) is 8.79. The van der Waals surface area contributed by atoms with Crippen molar-refractivity contribution in [1.82, 2.24) is 15.0 Å². The van der Waals surface area contributed by atoms with Crippen molar-refractivity contribution in [3.8, 4) is 0 Å². The molecule has 5 heteroatoms. The smallest absolute Gasteiger partial charge is 0.145 e. The van der Waals surface area contributed by atoms with Crippen LogP contribution in [0.15, 0.2) is 29.0 Å². The maximum Gasteiger partial charge on any atom is 0.145 e. The van der Waals surface area contributed by atoms with Crippen LogP contribution in [0.4, 0.5) is 5.82 Å². The van der Waals surface area contributed by atoms with Crippen LogP contribution >= 0.6 is 0 Å². The molecule has 1 N–H and O–H groups in total. The second kappa shape index (κ2) is 6.23. The molecule has 0 aliphatic rings. The van der Waals surface area contributed by atoms with Gasteiger partial charge in [-0.3, -0.25) is 0 Å². The Morgan fingerprint density at radius 3 is 3.11 bits per heavy atom. The molecule has 0 saturated heterocycles. The Hall–Kier alpha value is -1.78. The minimum absolute atomic E-state index is 0.365. The lowest BCUT2D eigenvalue weighted by molar-refractivity contribution is 0.493. The summed E-state index contributed by atoms with van der Waals surface area (Å²) in [5.74, 6) is 2.02. The van der Waals surface area contributed by atoms with Crippen molar-refractivity contribution in [1.29, 1.82) is 0 Å². The lowest BCUT2D eigenvalue weighted by atomic mass is 10.1. The van der Waals surface area contributed by atoms with E-state index in [1.54, 1.807) is 12.5 Å². The van der Waals surface area contributed by atoms with E-state index in [9.17, 15) is 0 Å². The van der Waals surface area contributed by atoms with Gasteiger partial charge in [-0.2, -0.15) is 0 Å². The SMILES string of the molecule is CCCn1nncc1NC(C)CCc1ccco1. The van der Waals surface area contributed by atoms with E-state index in [0.717, 1.165) is 37.4 Å². The molecule has 5 nitrogen and oxygen atoms in total. The average Bonchev–Trinajstić information content (AvgIpc) is 2.99. The number of anilines is 1. The van der Waals surface area contributed by atoms with Gasteiger partial charge in [0.05, 0.1) is 12.5 Å². The Balaban J connectivity index is 1.82. The summed E-state index contributed by atoms with van der Waals surface area (Å²) in [4.78, 5) is 0. The Labute approximate surface area is 107 Å². The van der Waals surface area contributed by atoms with Gasteiger partial charge in [0.2, 0.25) is 0 Å². The number of rotatable bonds is 7. The van der Waals surface area contributed by atoms with E-state index in [4.69, 9.17) is 4.42 Å². The standard InChI is InChI=1S/C13H20N4O/c1-3-8-17-13(10-14-16-17)15-11(2)6-7-12-5-4-9-18-12/h4-5,9-11,15H,3,6-8H2,1-2H3. The van der Waals surface area contributed by atoms with Crippen LogP contribution in [0.1, 0.15) is 32.4 Å². The molecule has 98 valence electrons. The summed E-state index contributed by atoms with van der Waals surface area (Å²) < 4.78 is 7.23. The zero-order chi connectivity index (χ0) is 12.8. The molecule has 2 aromatic rings. The van der Waals surface area contributed by atoms with Crippen molar-refractivity contribution in [2.45, 2.75) is 45.7 Å². The van der Waals surface area contributed by atoms with Crippen molar-refractivity contribution in [2.75, 3.05) is 5.32 Å². The number of hydrogen-bond donors (Lipinski definition) is 1. The molecule has 0 saturated carbocycles. The van der Waals surface area contributed by atoms with E-state index in [1.807, 2.05) is 16.8 Å². The largest absolute Gasteiger partial charge is 0.469 e. The minimum Gasteiger partial charge on any atom is -0.469 e. The molecule has 0 radical (unpaired) electrons. The lowest BCUT2D eigenvalue weighted by Crippen LogP contribution is -2.18. The molecule has 0 amide bonds. The molecule has 0 aliphatic heterocycles. The van der Waals surface area contributed by atoms with Crippen molar-refractivity contribution < 1.29 is 4.42 Å². The second-order valence-electron chi connectivity index (χ2n) is 4.51. The number of aryl methyl sites for hydroxylation is 2. The highest BCUT2D eigenvalue weighted by atomic mass is 16.3. The highest BCUT2D eigenvalue weighted by Crippen LogP contribution is 2.11. The molecule has 0 bridgehead atoms. The first-order valence-electron chi connectivity index (χ1n) is 6.47. The van der Waals surface area contributed by atoms with Crippen molar-refractivity contribution in [3.05, 3.63) is 30.4 Å². The zero-order valence-corrected chi connectivity index (χ0v) is 11.0. The fourth-order valence-electron chi connectivity index (χ4n) is 1.88. The summed E-state index contributed by atoms with van der Waals surface area (Å²) in [6, 6.07) is 4.30. The van der Waals surface area contributed by atoms with Gasteiger partial charge in [-0.15, -0.1) is 5.10 Å². The molecule has 0 spiro atoms. The van der Waals surface area contributed by atoms with Crippen LogP contribution in [0.2, 0.25) is 0 Å². The van der Waals surface area contributed by atoms with Gasteiger partial charge in [-0.05, 0) is 31.9 Å². The number of nitrogens with one attached hydrogen (secondary N) is 1. The van der Waals surface area contributed by atoms with Crippen LogP contribution in [-0.4, -0.2) is 21.0 Å². The van der Waals surface area contributed by atoms with Gasteiger partial charge in [-0.1, -0.05) is 12.1 Å². The number of hydrogen-bond acceptors (Lipinski definition) is 4. The maximum absolute atomic E-state index is 5.32.